The number of hydrogen-bond donors (Lipinski definition) is 2. The maximum absolute atomic E-state index is 10.8. The first kappa shape index (κ1) is 12.1. The van der Waals surface area contributed by atoms with E-state index in [4.69, 9.17) is 14.6 Å². The highest BCUT2D eigenvalue weighted by atomic mass is 16.5. The third kappa shape index (κ3) is 2.32. The van der Waals surface area contributed by atoms with Gasteiger partial charge in [-0.2, -0.15) is 5.10 Å². The van der Waals surface area contributed by atoms with Gasteiger partial charge in [0.05, 0.1) is 12.3 Å². The lowest BCUT2D eigenvalue weighted by Crippen LogP contribution is -2.38. The van der Waals surface area contributed by atoms with E-state index in [1.54, 1.807) is 7.11 Å². The fourth-order valence-electron chi connectivity index (χ4n) is 2.15. The highest BCUT2D eigenvalue weighted by molar-refractivity contribution is 5.85. The topological polar surface area (TPSA) is 84.4 Å². The number of aromatic carboxylic acids is 1. The van der Waals surface area contributed by atoms with Crippen molar-refractivity contribution in [3.05, 3.63) is 17.5 Å². The Kier molecular flexibility index (Phi) is 3.44. The molecule has 0 radical (unpaired) electrons. The molecule has 0 aliphatic carbocycles. The summed E-state index contributed by atoms with van der Waals surface area (Å²) in [5, 5.41) is 15.4. The van der Waals surface area contributed by atoms with Gasteiger partial charge in [-0.1, -0.05) is 0 Å². The van der Waals surface area contributed by atoms with E-state index >= 15 is 0 Å². The monoisotopic (exact) mass is 240 g/mol. The number of carboxylic acid groups (broad SMARTS) is 1. The van der Waals surface area contributed by atoms with E-state index < -0.39 is 11.6 Å². The average molecular weight is 240 g/mol. The van der Waals surface area contributed by atoms with Gasteiger partial charge in [0.2, 0.25) is 0 Å². The Labute approximate surface area is 98.9 Å². The molecule has 94 valence electrons. The molecule has 0 aromatic carbocycles. The smallest absolute Gasteiger partial charge is 0.356 e. The summed E-state index contributed by atoms with van der Waals surface area (Å²) in [6, 6.07) is 1.52. The third-order valence-corrected chi connectivity index (χ3v) is 3.02. The van der Waals surface area contributed by atoms with Crippen molar-refractivity contribution in [1.82, 2.24) is 10.2 Å². The van der Waals surface area contributed by atoms with Crippen LogP contribution in [0.4, 0.5) is 0 Å². The number of nitrogens with one attached hydrogen (secondary N) is 1. The number of aromatic nitrogens is 2. The number of nitrogens with zero attached hydrogens (tertiary/aromatic N) is 1. The van der Waals surface area contributed by atoms with E-state index in [-0.39, 0.29) is 5.69 Å². The fourth-order valence-corrected chi connectivity index (χ4v) is 2.15. The van der Waals surface area contributed by atoms with E-state index in [0.29, 0.717) is 18.9 Å². The zero-order chi connectivity index (χ0) is 12.3. The number of carbonyl (C=O) groups is 1. The number of rotatable bonds is 4. The molecule has 1 fully saturated rings. The largest absolute Gasteiger partial charge is 0.476 e. The third-order valence-electron chi connectivity index (χ3n) is 3.02. The maximum Gasteiger partial charge on any atom is 0.356 e. The first-order chi connectivity index (χ1) is 8.18. The highest BCUT2D eigenvalue weighted by Crippen LogP contribution is 2.34. The summed E-state index contributed by atoms with van der Waals surface area (Å²) in [5.41, 5.74) is 0.106. The Morgan fingerprint density at radius 2 is 2.53 bits per heavy atom. The summed E-state index contributed by atoms with van der Waals surface area (Å²) in [7, 11) is 1.61. The van der Waals surface area contributed by atoms with Crippen molar-refractivity contribution < 1.29 is 19.4 Å². The van der Waals surface area contributed by atoms with E-state index in [0.717, 1.165) is 19.3 Å². The van der Waals surface area contributed by atoms with Crippen LogP contribution < -0.4 is 0 Å². The Balaban J connectivity index is 2.27. The average Bonchev–Trinajstić information content (AvgIpc) is 2.80. The highest BCUT2D eigenvalue weighted by Gasteiger charge is 2.37. The Hall–Kier alpha value is -1.40. The molecule has 6 nitrogen and oxygen atoms in total. The van der Waals surface area contributed by atoms with Crippen LogP contribution in [-0.2, 0) is 15.1 Å². The number of aromatic amines is 1. The van der Waals surface area contributed by atoms with Crippen LogP contribution in [0.1, 0.15) is 35.4 Å². The summed E-state index contributed by atoms with van der Waals surface area (Å²) in [5.74, 6) is -1.05. The van der Waals surface area contributed by atoms with Gasteiger partial charge in [-0.15, -0.1) is 0 Å². The zero-order valence-corrected chi connectivity index (χ0v) is 9.73. The van der Waals surface area contributed by atoms with Crippen LogP contribution in [0.15, 0.2) is 6.07 Å². The minimum atomic E-state index is -1.05. The van der Waals surface area contributed by atoms with Crippen molar-refractivity contribution in [2.45, 2.75) is 24.9 Å². The van der Waals surface area contributed by atoms with Crippen LogP contribution in [-0.4, -0.2) is 41.6 Å². The summed E-state index contributed by atoms with van der Waals surface area (Å²) in [6.45, 7) is 1.05. The van der Waals surface area contributed by atoms with Crippen LogP contribution >= 0.6 is 0 Å². The van der Waals surface area contributed by atoms with Gasteiger partial charge in [-0.05, 0) is 25.3 Å². The van der Waals surface area contributed by atoms with Crippen molar-refractivity contribution in [2.75, 3.05) is 20.3 Å². The molecule has 0 amide bonds. The first-order valence-corrected chi connectivity index (χ1v) is 5.60. The molecule has 17 heavy (non-hydrogen) atoms. The van der Waals surface area contributed by atoms with Crippen molar-refractivity contribution in [3.8, 4) is 0 Å². The molecule has 2 heterocycles. The lowest BCUT2D eigenvalue weighted by Gasteiger charge is -2.35. The summed E-state index contributed by atoms with van der Waals surface area (Å²) in [4.78, 5) is 10.8. The van der Waals surface area contributed by atoms with E-state index in [9.17, 15) is 4.79 Å². The minimum Gasteiger partial charge on any atom is -0.476 e. The van der Waals surface area contributed by atoms with Crippen LogP contribution in [0, 0.1) is 0 Å². The molecule has 2 N–H and O–H groups in total. The normalized spacial score (nSPS) is 24.8. The molecule has 1 aromatic heterocycles. The van der Waals surface area contributed by atoms with Gasteiger partial charge in [0, 0.05) is 13.7 Å². The molecule has 1 aromatic rings. The molecule has 1 saturated heterocycles. The van der Waals surface area contributed by atoms with Gasteiger partial charge < -0.3 is 14.6 Å². The molecule has 0 bridgehead atoms. The van der Waals surface area contributed by atoms with Crippen molar-refractivity contribution in [1.29, 1.82) is 0 Å². The van der Waals surface area contributed by atoms with Crippen LogP contribution in [0.2, 0.25) is 0 Å². The van der Waals surface area contributed by atoms with Gasteiger partial charge in [0.25, 0.3) is 0 Å². The second-order valence-electron chi connectivity index (χ2n) is 4.20. The quantitative estimate of drug-likeness (QED) is 0.824. The molecule has 1 aliphatic heterocycles. The van der Waals surface area contributed by atoms with Gasteiger partial charge in [-0.25, -0.2) is 4.79 Å². The van der Waals surface area contributed by atoms with Gasteiger partial charge in [0.1, 0.15) is 5.60 Å². The van der Waals surface area contributed by atoms with Crippen molar-refractivity contribution in [3.63, 3.8) is 0 Å². The standard InChI is InChI=1S/C11H16N2O4/c1-16-7-11(4-2-3-5-17-11)9-6-8(10(14)15)12-13-9/h6H,2-5,7H2,1H3,(H,12,13)(H,14,15). The van der Waals surface area contributed by atoms with Gasteiger partial charge in [0.15, 0.2) is 5.69 Å². The van der Waals surface area contributed by atoms with Crippen LogP contribution in [0.25, 0.3) is 0 Å². The number of hydrogen-bond acceptors (Lipinski definition) is 4. The number of carboxylic acids is 1. The Morgan fingerprint density at radius 3 is 3.06 bits per heavy atom. The molecule has 0 saturated carbocycles. The second kappa shape index (κ2) is 4.85. The number of ether oxygens (including phenoxy) is 2. The number of methoxy groups -OCH3 is 1. The SMILES string of the molecule is COCC1(c2cc(C(=O)O)n[nH]2)CCCCO1. The summed E-state index contributed by atoms with van der Waals surface area (Å²) in [6.07, 6.45) is 2.86. The minimum absolute atomic E-state index is 0.00431. The van der Waals surface area contributed by atoms with E-state index in [2.05, 4.69) is 10.2 Å². The molecule has 6 heteroatoms. The van der Waals surface area contributed by atoms with Crippen LogP contribution in [0.3, 0.4) is 0 Å². The van der Waals surface area contributed by atoms with Gasteiger partial charge >= 0.3 is 5.97 Å². The second-order valence-corrected chi connectivity index (χ2v) is 4.20. The van der Waals surface area contributed by atoms with Crippen LogP contribution in [0.5, 0.6) is 0 Å². The van der Waals surface area contributed by atoms with Gasteiger partial charge in [-0.3, -0.25) is 5.10 Å². The molecule has 2 rings (SSSR count). The molecule has 1 aliphatic rings. The Morgan fingerprint density at radius 1 is 1.71 bits per heavy atom. The summed E-state index contributed by atoms with van der Waals surface area (Å²) >= 11 is 0. The fraction of sp³-hybridized carbons (Fsp3) is 0.636. The predicted octanol–water partition coefficient (Wildman–Crippen LogP) is 1.15. The van der Waals surface area contributed by atoms with E-state index in [1.807, 2.05) is 0 Å². The molecule has 1 unspecified atom stereocenters. The predicted molar refractivity (Wildman–Crippen MR) is 58.9 cm³/mol. The lowest BCUT2D eigenvalue weighted by atomic mass is 9.91. The lowest BCUT2D eigenvalue weighted by molar-refractivity contribution is -0.124. The van der Waals surface area contributed by atoms with Crippen molar-refractivity contribution >= 4 is 5.97 Å². The first-order valence-electron chi connectivity index (χ1n) is 5.60. The molecule has 0 spiro atoms. The van der Waals surface area contributed by atoms with Crippen molar-refractivity contribution in [2.24, 2.45) is 0 Å². The number of H-pyrrole nitrogens is 1. The Bertz CT molecular complexity index is 390. The maximum atomic E-state index is 10.8. The van der Waals surface area contributed by atoms with E-state index in [1.165, 1.54) is 6.07 Å². The molecular formula is C11H16N2O4. The molecular weight excluding hydrogens is 224 g/mol. The molecule has 1 atom stereocenters. The summed E-state index contributed by atoms with van der Waals surface area (Å²) < 4.78 is 11.0. The zero-order valence-electron chi connectivity index (χ0n) is 9.73.